The highest BCUT2D eigenvalue weighted by Gasteiger charge is 2.12. The van der Waals surface area contributed by atoms with Crippen LogP contribution in [0.4, 0.5) is 5.69 Å². The van der Waals surface area contributed by atoms with Crippen LogP contribution in [0.3, 0.4) is 0 Å². The van der Waals surface area contributed by atoms with E-state index in [0.29, 0.717) is 17.1 Å². The zero-order chi connectivity index (χ0) is 14.7. The third kappa shape index (κ3) is 3.12. The molecule has 0 spiro atoms. The number of hydrogen-bond donors (Lipinski definition) is 1. The third-order valence-corrected chi connectivity index (χ3v) is 4.68. The van der Waals surface area contributed by atoms with Crippen LogP contribution in [-0.4, -0.2) is 18.0 Å². The summed E-state index contributed by atoms with van der Waals surface area (Å²) in [7, 11) is 1.59. The van der Waals surface area contributed by atoms with E-state index in [1.165, 1.54) is 11.3 Å². The number of nitrogens with zero attached hydrogens (tertiary/aromatic N) is 1. The predicted octanol–water partition coefficient (Wildman–Crippen LogP) is 4.13. The van der Waals surface area contributed by atoms with Crippen LogP contribution in [0.25, 0.3) is 9.88 Å². The molecule has 3 aromatic rings. The van der Waals surface area contributed by atoms with Gasteiger partial charge in [-0.15, -0.1) is 22.7 Å². The largest absolute Gasteiger partial charge is 0.497 e. The van der Waals surface area contributed by atoms with E-state index >= 15 is 0 Å². The zero-order valence-electron chi connectivity index (χ0n) is 11.2. The molecule has 0 radical (unpaired) electrons. The maximum atomic E-state index is 12.2. The predicted molar refractivity (Wildman–Crippen MR) is 86.4 cm³/mol. The molecule has 4 nitrogen and oxygen atoms in total. The van der Waals surface area contributed by atoms with Crippen LogP contribution in [0.2, 0.25) is 0 Å². The van der Waals surface area contributed by atoms with Crippen LogP contribution in [0.15, 0.2) is 47.2 Å². The summed E-state index contributed by atoms with van der Waals surface area (Å²) in [4.78, 5) is 17.6. The van der Waals surface area contributed by atoms with Gasteiger partial charge in [0.05, 0.1) is 12.0 Å². The Morgan fingerprint density at radius 1 is 1.24 bits per heavy atom. The number of hydrogen-bond acceptors (Lipinski definition) is 5. The molecule has 0 bridgehead atoms. The molecule has 1 N–H and O–H groups in total. The molecule has 0 aliphatic rings. The fourth-order valence-electron chi connectivity index (χ4n) is 1.79. The number of ether oxygens (including phenoxy) is 1. The van der Waals surface area contributed by atoms with Crippen molar-refractivity contribution in [3.05, 3.63) is 52.9 Å². The van der Waals surface area contributed by atoms with Gasteiger partial charge >= 0.3 is 0 Å². The van der Waals surface area contributed by atoms with Gasteiger partial charge in [-0.1, -0.05) is 12.1 Å². The lowest BCUT2D eigenvalue weighted by Crippen LogP contribution is -2.12. The van der Waals surface area contributed by atoms with Crippen LogP contribution in [0.5, 0.6) is 5.75 Å². The second kappa shape index (κ2) is 6.07. The Labute approximate surface area is 130 Å². The van der Waals surface area contributed by atoms with E-state index in [1.807, 2.05) is 35.7 Å². The van der Waals surface area contributed by atoms with Crippen molar-refractivity contribution >= 4 is 34.3 Å². The first-order valence-electron chi connectivity index (χ1n) is 6.21. The number of aromatic nitrogens is 1. The van der Waals surface area contributed by atoms with Gasteiger partial charge in [0.1, 0.15) is 16.5 Å². The SMILES string of the molecule is COc1cccc(NC(=O)c2csc(-c3cccs3)n2)c1. The van der Waals surface area contributed by atoms with Crippen molar-refractivity contribution in [1.82, 2.24) is 4.98 Å². The number of anilines is 1. The minimum Gasteiger partial charge on any atom is -0.497 e. The molecule has 1 amide bonds. The van der Waals surface area contributed by atoms with Gasteiger partial charge in [-0.05, 0) is 23.6 Å². The van der Waals surface area contributed by atoms with Crippen LogP contribution in [0.1, 0.15) is 10.5 Å². The molecule has 0 atom stereocenters. The summed E-state index contributed by atoms with van der Waals surface area (Å²) >= 11 is 3.08. The van der Waals surface area contributed by atoms with Crippen LogP contribution >= 0.6 is 22.7 Å². The van der Waals surface area contributed by atoms with Gasteiger partial charge in [0.25, 0.3) is 5.91 Å². The lowest BCUT2D eigenvalue weighted by Gasteiger charge is -2.05. The molecule has 0 aliphatic heterocycles. The van der Waals surface area contributed by atoms with Gasteiger partial charge in [-0.3, -0.25) is 4.79 Å². The molecular formula is C15H12N2O2S2. The van der Waals surface area contributed by atoms with E-state index in [2.05, 4.69) is 10.3 Å². The number of amides is 1. The molecule has 3 rings (SSSR count). The van der Waals surface area contributed by atoms with E-state index in [0.717, 1.165) is 9.88 Å². The van der Waals surface area contributed by atoms with Crippen molar-refractivity contribution in [3.63, 3.8) is 0 Å². The van der Waals surface area contributed by atoms with Crippen molar-refractivity contribution in [2.45, 2.75) is 0 Å². The molecule has 1 aromatic carbocycles. The molecular weight excluding hydrogens is 304 g/mol. The maximum Gasteiger partial charge on any atom is 0.275 e. The molecule has 0 aliphatic carbocycles. The molecule has 106 valence electrons. The Balaban J connectivity index is 1.76. The third-order valence-electron chi connectivity index (χ3n) is 2.80. The lowest BCUT2D eigenvalue weighted by molar-refractivity contribution is 0.102. The second-order valence-electron chi connectivity index (χ2n) is 4.20. The highest BCUT2D eigenvalue weighted by molar-refractivity contribution is 7.20. The fourth-order valence-corrected chi connectivity index (χ4v) is 3.40. The number of nitrogens with one attached hydrogen (secondary N) is 1. The minimum atomic E-state index is -0.220. The van der Waals surface area contributed by atoms with E-state index < -0.39 is 0 Å². The van der Waals surface area contributed by atoms with Gasteiger partial charge in [-0.2, -0.15) is 0 Å². The first-order valence-corrected chi connectivity index (χ1v) is 7.97. The Morgan fingerprint density at radius 2 is 2.14 bits per heavy atom. The summed E-state index contributed by atoms with van der Waals surface area (Å²) in [5.41, 5.74) is 1.11. The monoisotopic (exact) mass is 316 g/mol. The smallest absolute Gasteiger partial charge is 0.275 e. The van der Waals surface area contributed by atoms with Crippen LogP contribution in [-0.2, 0) is 0 Å². The Morgan fingerprint density at radius 3 is 2.90 bits per heavy atom. The van der Waals surface area contributed by atoms with E-state index in [1.54, 1.807) is 29.9 Å². The summed E-state index contributed by atoms with van der Waals surface area (Å²) in [6.07, 6.45) is 0. The minimum absolute atomic E-state index is 0.220. The number of thiazole rings is 1. The quantitative estimate of drug-likeness (QED) is 0.787. The molecule has 0 saturated carbocycles. The number of carbonyl (C=O) groups is 1. The Kier molecular flexibility index (Phi) is 3.98. The van der Waals surface area contributed by atoms with E-state index in [4.69, 9.17) is 4.74 Å². The first kappa shape index (κ1) is 13.8. The normalized spacial score (nSPS) is 10.3. The number of methoxy groups -OCH3 is 1. The number of thiophene rings is 1. The van der Waals surface area contributed by atoms with Crippen molar-refractivity contribution in [2.24, 2.45) is 0 Å². The molecule has 0 unspecified atom stereocenters. The standard InChI is InChI=1S/C15H12N2O2S2/c1-19-11-5-2-4-10(8-11)16-14(18)12-9-21-15(17-12)13-6-3-7-20-13/h2-9H,1H3,(H,16,18). The van der Waals surface area contributed by atoms with Crippen LogP contribution < -0.4 is 10.1 Å². The Bertz CT molecular complexity index is 751. The van der Waals surface area contributed by atoms with Gasteiger partial charge in [-0.25, -0.2) is 4.98 Å². The topological polar surface area (TPSA) is 51.2 Å². The average Bonchev–Trinajstić information content (AvgIpc) is 3.18. The van der Waals surface area contributed by atoms with Crippen molar-refractivity contribution in [1.29, 1.82) is 0 Å². The fraction of sp³-hybridized carbons (Fsp3) is 0.0667. The van der Waals surface area contributed by atoms with Crippen molar-refractivity contribution < 1.29 is 9.53 Å². The molecule has 21 heavy (non-hydrogen) atoms. The van der Waals surface area contributed by atoms with E-state index in [-0.39, 0.29) is 5.91 Å². The summed E-state index contributed by atoms with van der Waals surface area (Å²) in [6, 6.07) is 11.2. The molecule has 6 heteroatoms. The molecule has 2 aromatic heterocycles. The molecule has 2 heterocycles. The lowest BCUT2D eigenvalue weighted by atomic mass is 10.3. The molecule has 0 fully saturated rings. The van der Waals surface area contributed by atoms with Crippen molar-refractivity contribution in [2.75, 3.05) is 12.4 Å². The van der Waals surface area contributed by atoms with Crippen LogP contribution in [0, 0.1) is 0 Å². The highest BCUT2D eigenvalue weighted by Crippen LogP contribution is 2.28. The van der Waals surface area contributed by atoms with Gasteiger partial charge < -0.3 is 10.1 Å². The summed E-state index contributed by atoms with van der Waals surface area (Å²) in [5.74, 6) is 0.479. The van der Waals surface area contributed by atoms with Gasteiger partial charge in [0, 0.05) is 17.1 Å². The van der Waals surface area contributed by atoms with Gasteiger partial charge in [0.2, 0.25) is 0 Å². The summed E-state index contributed by atoms with van der Waals surface area (Å²) < 4.78 is 5.13. The second-order valence-corrected chi connectivity index (χ2v) is 6.01. The van der Waals surface area contributed by atoms with E-state index in [9.17, 15) is 4.79 Å². The maximum absolute atomic E-state index is 12.2. The van der Waals surface area contributed by atoms with Crippen molar-refractivity contribution in [3.8, 4) is 15.6 Å². The summed E-state index contributed by atoms with van der Waals surface area (Å²) in [5, 5.41) is 7.44. The zero-order valence-corrected chi connectivity index (χ0v) is 12.8. The number of benzene rings is 1. The average molecular weight is 316 g/mol. The number of carbonyl (C=O) groups excluding carboxylic acids is 1. The highest BCUT2D eigenvalue weighted by atomic mass is 32.1. The molecule has 0 saturated heterocycles. The van der Waals surface area contributed by atoms with Gasteiger partial charge in [0.15, 0.2) is 0 Å². The number of rotatable bonds is 4. The summed E-state index contributed by atoms with van der Waals surface area (Å²) in [6.45, 7) is 0. The first-order chi connectivity index (χ1) is 10.3. The Hall–Kier alpha value is -2.18.